The Morgan fingerprint density at radius 2 is 1.93 bits per heavy atom. The molecule has 0 aliphatic rings. The number of methoxy groups -OCH3 is 1. The molecule has 2 amide bonds. The molecule has 0 bridgehead atoms. The van der Waals surface area contributed by atoms with Crippen LogP contribution in [0.1, 0.15) is 23.1 Å². The summed E-state index contributed by atoms with van der Waals surface area (Å²) in [5.74, 6) is -0.607. The Morgan fingerprint density at radius 1 is 1.19 bits per heavy atom. The monoisotopic (exact) mass is 481 g/mol. The number of anilines is 1. The van der Waals surface area contributed by atoms with Gasteiger partial charge in [0.25, 0.3) is 0 Å². The summed E-state index contributed by atoms with van der Waals surface area (Å²) in [5.41, 5.74) is 5.76. The maximum absolute atomic E-state index is 11.9. The van der Waals surface area contributed by atoms with Crippen LogP contribution >= 0.6 is 22.6 Å². The minimum absolute atomic E-state index is 0.0438. The van der Waals surface area contributed by atoms with Crippen LogP contribution in [0.5, 0.6) is 11.5 Å². The van der Waals surface area contributed by atoms with Crippen molar-refractivity contribution >= 4 is 46.3 Å². The largest absolute Gasteiger partial charge is 0.504 e. The van der Waals surface area contributed by atoms with Crippen molar-refractivity contribution in [1.29, 1.82) is 0 Å². The van der Waals surface area contributed by atoms with Gasteiger partial charge in [0, 0.05) is 5.69 Å². The normalized spacial score (nSPS) is 10.7. The van der Waals surface area contributed by atoms with Gasteiger partial charge in [0.2, 0.25) is 11.8 Å². The van der Waals surface area contributed by atoms with Crippen LogP contribution in [-0.2, 0) is 9.59 Å². The zero-order valence-corrected chi connectivity index (χ0v) is 17.3. The number of nitrogens with one attached hydrogen (secondary N) is 2. The van der Waals surface area contributed by atoms with E-state index < -0.39 is 11.8 Å². The van der Waals surface area contributed by atoms with Gasteiger partial charge in [-0.05, 0) is 77.4 Å². The summed E-state index contributed by atoms with van der Waals surface area (Å²) in [6, 6.07) is 8.81. The predicted octanol–water partition coefficient (Wildman–Crippen LogP) is 3.10. The van der Waals surface area contributed by atoms with E-state index in [1.807, 2.05) is 48.6 Å². The maximum Gasteiger partial charge on any atom is 0.249 e. The van der Waals surface area contributed by atoms with Crippen LogP contribution in [0.2, 0.25) is 0 Å². The first-order valence-electron chi connectivity index (χ1n) is 8.05. The minimum atomic E-state index is -0.534. The Labute approximate surface area is 171 Å². The number of aromatic hydroxyl groups is 1. The van der Waals surface area contributed by atoms with E-state index in [1.54, 1.807) is 18.2 Å². The summed E-state index contributed by atoms with van der Waals surface area (Å²) in [6.07, 6.45) is 1.06. The van der Waals surface area contributed by atoms with Crippen LogP contribution < -0.4 is 15.5 Å². The van der Waals surface area contributed by atoms with Crippen LogP contribution in [0.25, 0.3) is 0 Å². The second-order valence-electron chi connectivity index (χ2n) is 5.87. The third-order valence-electron chi connectivity index (χ3n) is 3.79. The fourth-order valence-electron chi connectivity index (χ4n) is 2.21. The van der Waals surface area contributed by atoms with E-state index in [1.165, 1.54) is 13.3 Å². The Bertz CT molecular complexity index is 897. The molecule has 0 unspecified atom stereocenters. The zero-order chi connectivity index (χ0) is 20.0. The van der Waals surface area contributed by atoms with Crippen molar-refractivity contribution in [3.05, 3.63) is 50.6 Å². The van der Waals surface area contributed by atoms with E-state index in [0.29, 0.717) is 20.6 Å². The number of hydrazone groups is 1. The van der Waals surface area contributed by atoms with Crippen LogP contribution in [-0.4, -0.2) is 30.2 Å². The van der Waals surface area contributed by atoms with Gasteiger partial charge in [0.15, 0.2) is 11.5 Å². The Morgan fingerprint density at radius 3 is 2.59 bits per heavy atom. The molecule has 7 nitrogen and oxygen atoms in total. The molecule has 27 heavy (non-hydrogen) atoms. The molecule has 0 aliphatic carbocycles. The lowest BCUT2D eigenvalue weighted by atomic mass is 10.1. The number of carbonyl (C=O) groups excluding carboxylic acids is 2. The van der Waals surface area contributed by atoms with Crippen LogP contribution in [0.4, 0.5) is 5.69 Å². The topological polar surface area (TPSA) is 100 Å². The Kier molecular flexibility index (Phi) is 7.17. The first-order valence-corrected chi connectivity index (χ1v) is 9.13. The number of halogens is 1. The van der Waals surface area contributed by atoms with Crippen molar-refractivity contribution in [3.8, 4) is 11.5 Å². The highest BCUT2D eigenvalue weighted by Crippen LogP contribution is 2.31. The average molecular weight is 481 g/mol. The lowest BCUT2D eigenvalue weighted by Crippen LogP contribution is -2.24. The molecule has 0 radical (unpaired) electrons. The van der Waals surface area contributed by atoms with Crippen molar-refractivity contribution in [1.82, 2.24) is 5.43 Å². The first-order chi connectivity index (χ1) is 12.8. The second kappa shape index (κ2) is 9.36. The van der Waals surface area contributed by atoms with Gasteiger partial charge in [-0.15, -0.1) is 0 Å². The van der Waals surface area contributed by atoms with Gasteiger partial charge in [-0.3, -0.25) is 9.59 Å². The molecule has 142 valence electrons. The molecule has 2 aromatic carbocycles. The molecular weight excluding hydrogens is 461 g/mol. The molecule has 0 saturated carbocycles. The molecule has 0 fully saturated rings. The smallest absolute Gasteiger partial charge is 0.249 e. The molecule has 0 aliphatic heterocycles. The Hall–Kier alpha value is -2.62. The van der Waals surface area contributed by atoms with Gasteiger partial charge in [-0.2, -0.15) is 5.10 Å². The number of nitrogens with zero attached hydrogens (tertiary/aromatic N) is 1. The van der Waals surface area contributed by atoms with Crippen LogP contribution in [0.15, 0.2) is 35.4 Å². The molecule has 3 N–H and O–H groups in total. The van der Waals surface area contributed by atoms with Gasteiger partial charge in [0.1, 0.15) is 6.42 Å². The molecule has 2 aromatic rings. The number of amides is 2. The zero-order valence-electron chi connectivity index (χ0n) is 15.2. The molecule has 8 heteroatoms. The number of ether oxygens (including phenoxy) is 1. The standard InChI is InChI=1S/C19H20IN3O4/c1-11-4-5-14(6-12(11)2)22-17(24)9-18(25)23-21-10-13-7-15(20)19(26)16(8-13)27-3/h4-8,10,26H,9H2,1-3H3,(H,22,24)(H,23,25). The molecule has 0 aromatic heterocycles. The number of carbonyl (C=O) groups is 2. The molecule has 2 rings (SSSR count). The summed E-state index contributed by atoms with van der Waals surface area (Å²) in [6.45, 7) is 3.93. The quantitative estimate of drug-likeness (QED) is 0.256. The van der Waals surface area contributed by atoms with E-state index >= 15 is 0 Å². The van der Waals surface area contributed by atoms with E-state index in [0.717, 1.165) is 11.1 Å². The number of phenolic OH excluding ortho intramolecular Hbond substituents is 1. The molecule has 0 atom stereocenters. The lowest BCUT2D eigenvalue weighted by molar-refractivity contribution is -0.126. The van der Waals surface area contributed by atoms with Gasteiger partial charge in [-0.1, -0.05) is 6.07 Å². The molecule has 0 heterocycles. The summed E-state index contributed by atoms with van der Waals surface area (Å²) < 4.78 is 5.65. The Balaban J connectivity index is 1.90. The van der Waals surface area contributed by atoms with Crippen molar-refractivity contribution in [2.45, 2.75) is 20.3 Å². The van der Waals surface area contributed by atoms with Crippen molar-refractivity contribution in [2.24, 2.45) is 5.10 Å². The third-order valence-corrected chi connectivity index (χ3v) is 4.61. The number of rotatable bonds is 6. The fourth-order valence-corrected chi connectivity index (χ4v) is 2.84. The van der Waals surface area contributed by atoms with Gasteiger partial charge in [-0.25, -0.2) is 5.43 Å². The van der Waals surface area contributed by atoms with E-state index in [-0.39, 0.29) is 12.2 Å². The predicted molar refractivity (Wildman–Crippen MR) is 112 cm³/mol. The van der Waals surface area contributed by atoms with E-state index in [4.69, 9.17) is 4.74 Å². The van der Waals surface area contributed by atoms with E-state index in [9.17, 15) is 14.7 Å². The molecular formula is C19H20IN3O4. The minimum Gasteiger partial charge on any atom is -0.504 e. The third kappa shape index (κ3) is 5.95. The number of phenols is 1. The van der Waals surface area contributed by atoms with Crippen molar-refractivity contribution in [2.75, 3.05) is 12.4 Å². The number of hydrogen-bond donors (Lipinski definition) is 3. The van der Waals surface area contributed by atoms with Crippen LogP contribution in [0, 0.1) is 17.4 Å². The number of benzene rings is 2. The van der Waals surface area contributed by atoms with E-state index in [2.05, 4.69) is 15.8 Å². The highest BCUT2D eigenvalue weighted by Gasteiger charge is 2.10. The highest BCUT2D eigenvalue weighted by atomic mass is 127. The summed E-state index contributed by atoms with van der Waals surface area (Å²) >= 11 is 1.96. The highest BCUT2D eigenvalue weighted by molar-refractivity contribution is 14.1. The molecule has 0 saturated heterocycles. The van der Waals surface area contributed by atoms with Crippen molar-refractivity contribution < 1.29 is 19.4 Å². The molecule has 0 spiro atoms. The lowest BCUT2D eigenvalue weighted by Gasteiger charge is -2.07. The number of hydrogen-bond acceptors (Lipinski definition) is 5. The van der Waals surface area contributed by atoms with Gasteiger partial charge >= 0.3 is 0 Å². The maximum atomic E-state index is 11.9. The van der Waals surface area contributed by atoms with Crippen molar-refractivity contribution in [3.63, 3.8) is 0 Å². The van der Waals surface area contributed by atoms with Gasteiger partial charge < -0.3 is 15.2 Å². The fraction of sp³-hybridized carbons (Fsp3) is 0.211. The first kappa shape index (κ1) is 20.7. The average Bonchev–Trinajstić information content (AvgIpc) is 2.60. The second-order valence-corrected chi connectivity index (χ2v) is 7.03. The van der Waals surface area contributed by atoms with Gasteiger partial charge in [0.05, 0.1) is 16.9 Å². The van der Waals surface area contributed by atoms with Crippen LogP contribution in [0.3, 0.4) is 0 Å². The number of aryl methyl sites for hydroxylation is 2. The summed E-state index contributed by atoms with van der Waals surface area (Å²) in [4.78, 5) is 23.8. The SMILES string of the molecule is COc1cc(C=NNC(=O)CC(=O)Nc2ccc(C)c(C)c2)cc(I)c1O. The summed E-state index contributed by atoms with van der Waals surface area (Å²) in [5, 5.41) is 16.3. The summed E-state index contributed by atoms with van der Waals surface area (Å²) in [7, 11) is 1.45.